The molecule has 1 aliphatic carbocycles. The van der Waals surface area contributed by atoms with Gasteiger partial charge in [0.1, 0.15) is 11.3 Å². The van der Waals surface area contributed by atoms with Crippen molar-refractivity contribution in [1.82, 2.24) is 4.90 Å². The van der Waals surface area contributed by atoms with Crippen molar-refractivity contribution in [2.75, 3.05) is 44.7 Å². The molecule has 1 saturated carbocycles. The predicted molar refractivity (Wildman–Crippen MR) is 138 cm³/mol. The van der Waals surface area contributed by atoms with Gasteiger partial charge in [-0.05, 0) is 85.7 Å². The second-order valence-corrected chi connectivity index (χ2v) is 9.82. The van der Waals surface area contributed by atoms with E-state index in [1.165, 1.54) is 48.9 Å². The molecule has 0 N–H and O–H groups in total. The molecule has 180 valence electrons. The van der Waals surface area contributed by atoms with Gasteiger partial charge in [0, 0.05) is 43.3 Å². The average molecular weight is 461 g/mol. The largest absolute Gasteiger partial charge is 0.497 e. The highest BCUT2D eigenvalue weighted by Crippen LogP contribution is 2.36. The average Bonchev–Trinajstić information content (AvgIpc) is 2.89. The Bertz CT molecular complexity index is 1140. The summed E-state index contributed by atoms with van der Waals surface area (Å²) in [5.74, 6) is 1.40. The third-order valence-electron chi connectivity index (χ3n) is 7.63. The van der Waals surface area contributed by atoms with E-state index in [1.54, 1.807) is 13.2 Å². The van der Waals surface area contributed by atoms with Gasteiger partial charge in [0.25, 0.3) is 0 Å². The van der Waals surface area contributed by atoms with Crippen LogP contribution in [-0.4, -0.2) is 44.7 Å². The normalized spacial score (nSPS) is 17.9. The number of hydrogen-bond acceptors (Lipinski definition) is 5. The quantitative estimate of drug-likeness (QED) is 0.429. The smallest absolute Gasteiger partial charge is 0.336 e. The molecule has 2 aliphatic rings. The summed E-state index contributed by atoms with van der Waals surface area (Å²) in [5.41, 5.74) is 4.36. The van der Waals surface area contributed by atoms with Gasteiger partial charge in [0.2, 0.25) is 0 Å². The monoisotopic (exact) mass is 460 g/mol. The van der Waals surface area contributed by atoms with Gasteiger partial charge >= 0.3 is 5.63 Å². The van der Waals surface area contributed by atoms with Crippen LogP contribution in [0.2, 0.25) is 0 Å². The fourth-order valence-electron chi connectivity index (χ4n) is 5.67. The van der Waals surface area contributed by atoms with E-state index < -0.39 is 0 Å². The first-order chi connectivity index (χ1) is 16.7. The van der Waals surface area contributed by atoms with E-state index in [-0.39, 0.29) is 5.63 Å². The summed E-state index contributed by atoms with van der Waals surface area (Å²) in [6.07, 6.45) is 8.41. The van der Waals surface area contributed by atoms with Crippen molar-refractivity contribution < 1.29 is 9.15 Å². The van der Waals surface area contributed by atoms with Crippen LogP contribution in [0.25, 0.3) is 11.0 Å². The number of hydrogen-bond donors (Lipinski definition) is 0. The Kier molecular flexibility index (Phi) is 7.19. The molecule has 34 heavy (non-hydrogen) atoms. The van der Waals surface area contributed by atoms with Crippen LogP contribution in [0.3, 0.4) is 0 Å². The highest BCUT2D eigenvalue weighted by Gasteiger charge is 2.20. The van der Waals surface area contributed by atoms with E-state index in [9.17, 15) is 4.79 Å². The minimum atomic E-state index is -0.213. The predicted octanol–water partition coefficient (Wildman–Crippen LogP) is 5.60. The zero-order chi connectivity index (χ0) is 23.3. The van der Waals surface area contributed by atoms with E-state index >= 15 is 0 Å². The van der Waals surface area contributed by atoms with E-state index in [0.29, 0.717) is 5.92 Å². The maximum absolute atomic E-state index is 12.1. The number of fused-ring (bicyclic) bond motifs is 1. The van der Waals surface area contributed by atoms with Crippen LogP contribution >= 0.6 is 0 Å². The molecule has 0 radical (unpaired) electrons. The summed E-state index contributed by atoms with van der Waals surface area (Å²) >= 11 is 0. The molecule has 2 fully saturated rings. The molecule has 0 unspecified atom stereocenters. The van der Waals surface area contributed by atoms with Crippen LogP contribution < -0.4 is 15.3 Å². The molecule has 2 heterocycles. The zero-order valence-electron chi connectivity index (χ0n) is 20.3. The van der Waals surface area contributed by atoms with Gasteiger partial charge in [0.05, 0.1) is 7.11 Å². The Balaban J connectivity index is 1.17. The van der Waals surface area contributed by atoms with Crippen LogP contribution in [0.1, 0.15) is 55.6 Å². The highest BCUT2D eigenvalue weighted by atomic mass is 16.5. The maximum atomic E-state index is 12.1. The van der Waals surface area contributed by atoms with Gasteiger partial charge < -0.3 is 14.1 Å². The summed E-state index contributed by atoms with van der Waals surface area (Å²) in [6, 6.07) is 16.6. The first-order valence-electron chi connectivity index (χ1n) is 12.9. The van der Waals surface area contributed by atoms with Crippen molar-refractivity contribution in [3.8, 4) is 5.75 Å². The molecule has 0 spiro atoms. The molecule has 5 nitrogen and oxygen atoms in total. The van der Waals surface area contributed by atoms with Crippen molar-refractivity contribution in [3.05, 3.63) is 70.1 Å². The zero-order valence-corrected chi connectivity index (χ0v) is 20.3. The molecule has 3 aromatic rings. The van der Waals surface area contributed by atoms with Gasteiger partial charge in [-0.3, -0.25) is 4.90 Å². The van der Waals surface area contributed by atoms with Gasteiger partial charge in [-0.15, -0.1) is 0 Å². The van der Waals surface area contributed by atoms with Crippen LogP contribution in [0, 0.1) is 0 Å². The summed E-state index contributed by atoms with van der Waals surface area (Å²) in [6.45, 7) is 5.44. The fraction of sp³-hybridized carbons (Fsp3) is 0.483. The maximum Gasteiger partial charge on any atom is 0.336 e. The molecule has 0 amide bonds. The molecule has 0 atom stereocenters. The van der Waals surface area contributed by atoms with E-state index in [1.807, 2.05) is 18.2 Å². The van der Waals surface area contributed by atoms with E-state index in [2.05, 4.69) is 34.1 Å². The highest BCUT2D eigenvalue weighted by molar-refractivity contribution is 5.81. The Morgan fingerprint density at radius 3 is 2.44 bits per heavy atom. The third kappa shape index (κ3) is 5.30. The second-order valence-electron chi connectivity index (χ2n) is 9.82. The van der Waals surface area contributed by atoms with Gasteiger partial charge in [-0.2, -0.15) is 0 Å². The standard InChI is InChI=1S/C29H36N2O3/c1-33-25-12-10-24(11-13-25)31-18-16-30(17-19-31)15-5-6-22-9-14-28-27(20-22)26(21-29(32)34-28)23-7-3-2-4-8-23/h9-14,20-21,23H,2-8,15-19H2,1H3. The molecule has 1 aliphatic heterocycles. The summed E-state index contributed by atoms with van der Waals surface area (Å²) in [5, 5.41) is 1.15. The van der Waals surface area contributed by atoms with E-state index in [0.717, 1.165) is 62.3 Å². The number of nitrogens with zero attached hydrogens (tertiary/aromatic N) is 2. The fourth-order valence-corrected chi connectivity index (χ4v) is 5.67. The minimum absolute atomic E-state index is 0.213. The van der Waals surface area contributed by atoms with Gasteiger partial charge in [-0.25, -0.2) is 4.79 Å². The van der Waals surface area contributed by atoms with Crippen LogP contribution in [-0.2, 0) is 6.42 Å². The van der Waals surface area contributed by atoms with E-state index in [4.69, 9.17) is 9.15 Å². The summed E-state index contributed by atoms with van der Waals surface area (Å²) in [7, 11) is 1.71. The third-order valence-corrected chi connectivity index (χ3v) is 7.63. The number of piperazine rings is 1. The van der Waals surface area contributed by atoms with Crippen LogP contribution in [0.15, 0.2) is 57.7 Å². The molecule has 2 aromatic carbocycles. The molecular formula is C29H36N2O3. The lowest BCUT2D eigenvalue weighted by Gasteiger charge is -2.36. The molecule has 1 aromatic heterocycles. The lowest BCUT2D eigenvalue weighted by Crippen LogP contribution is -2.46. The SMILES string of the molecule is COc1ccc(N2CCN(CCCc3ccc4oc(=O)cc(C5CCCCC5)c4c3)CC2)cc1. The van der Waals surface area contributed by atoms with Gasteiger partial charge in [-0.1, -0.05) is 25.3 Å². The Morgan fingerprint density at radius 1 is 0.941 bits per heavy atom. The topological polar surface area (TPSA) is 45.9 Å². The first kappa shape index (κ1) is 23.0. The van der Waals surface area contributed by atoms with Crippen molar-refractivity contribution >= 4 is 16.7 Å². The Labute approximate surface area is 202 Å². The lowest BCUT2D eigenvalue weighted by molar-refractivity contribution is 0.255. The molecule has 1 saturated heterocycles. The lowest BCUT2D eigenvalue weighted by atomic mass is 9.83. The van der Waals surface area contributed by atoms with Crippen LogP contribution in [0.4, 0.5) is 5.69 Å². The van der Waals surface area contributed by atoms with Gasteiger partial charge in [0.15, 0.2) is 0 Å². The first-order valence-corrected chi connectivity index (χ1v) is 12.9. The number of ether oxygens (including phenoxy) is 1. The number of aryl methyl sites for hydroxylation is 1. The molecule has 5 rings (SSSR count). The van der Waals surface area contributed by atoms with Crippen molar-refractivity contribution in [3.63, 3.8) is 0 Å². The Morgan fingerprint density at radius 2 is 1.71 bits per heavy atom. The second kappa shape index (κ2) is 10.6. The van der Waals surface area contributed by atoms with Crippen molar-refractivity contribution in [2.45, 2.75) is 50.9 Å². The molecule has 5 heteroatoms. The van der Waals surface area contributed by atoms with Crippen molar-refractivity contribution in [1.29, 1.82) is 0 Å². The van der Waals surface area contributed by atoms with Crippen molar-refractivity contribution in [2.24, 2.45) is 0 Å². The molecular weight excluding hydrogens is 424 g/mol. The summed E-state index contributed by atoms with van der Waals surface area (Å²) < 4.78 is 10.8. The van der Waals surface area contributed by atoms with Crippen LogP contribution in [0.5, 0.6) is 5.75 Å². The number of methoxy groups -OCH3 is 1. The number of benzene rings is 2. The number of rotatable bonds is 7. The Hall–Kier alpha value is -2.79. The summed E-state index contributed by atoms with van der Waals surface area (Å²) in [4.78, 5) is 17.2. The number of anilines is 1. The molecule has 0 bridgehead atoms. The minimum Gasteiger partial charge on any atom is -0.497 e.